The van der Waals surface area contributed by atoms with Crippen molar-refractivity contribution >= 4 is 0 Å². The number of piperidine rings is 1. The molecule has 3 heteroatoms. The number of nitrogens with zero attached hydrogens (tertiary/aromatic N) is 1. The summed E-state index contributed by atoms with van der Waals surface area (Å²) in [6, 6.07) is 0. The molecule has 0 saturated carbocycles. The fourth-order valence-electron chi connectivity index (χ4n) is 2.16. The number of aliphatic hydroxyl groups excluding tert-OH is 1. The van der Waals surface area contributed by atoms with Crippen molar-refractivity contribution in [2.75, 3.05) is 26.7 Å². The summed E-state index contributed by atoms with van der Waals surface area (Å²) in [5.41, 5.74) is 0.0312. The number of nitrogens with one attached hydrogen (secondary N) is 1. The van der Waals surface area contributed by atoms with Gasteiger partial charge in [0.05, 0.1) is 6.61 Å². The second-order valence-electron chi connectivity index (χ2n) is 5.62. The van der Waals surface area contributed by atoms with Crippen LogP contribution in [0, 0.1) is 0 Å². The minimum Gasteiger partial charge on any atom is -0.394 e. The standard InChI is InChI=1S/C11H24N2O/c1-10(2,3)12-11(9-14)5-7-13(4)8-6-11/h12,14H,5-9H2,1-4H3. The van der Waals surface area contributed by atoms with Crippen molar-refractivity contribution in [3.8, 4) is 0 Å². The highest BCUT2D eigenvalue weighted by Crippen LogP contribution is 2.23. The van der Waals surface area contributed by atoms with E-state index in [1.807, 2.05) is 0 Å². The quantitative estimate of drug-likeness (QED) is 0.693. The fourth-order valence-corrected chi connectivity index (χ4v) is 2.16. The summed E-state index contributed by atoms with van der Waals surface area (Å²) < 4.78 is 0. The average Bonchev–Trinajstić information content (AvgIpc) is 2.07. The van der Waals surface area contributed by atoms with Crippen molar-refractivity contribution in [1.29, 1.82) is 0 Å². The third kappa shape index (κ3) is 3.23. The second-order valence-corrected chi connectivity index (χ2v) is 5.62. The summed E-state index contributed by atoms with van der Waals surface area (Å²) in [5.74, 6) is 0. The van der Waals surface area contributed by atoms with E-state index in [-0.39, 0.29) is 17.7 Å². The van der Waals surface area contributed by atoms with Gasteiger partial charge >= 0.3 is 0 Å². The molecule has 1 aliphatic rings. The maximum absolute atomic E-state index is 9.51. The van der Waals surface area contributed by atoms with Gasteiger partial charge in [-0.05, 0) is 53.8 Å². The number of hydrogen-bond donors (Lipinski definition) is 2. The summed E-state index contributed by atoms with van der Waals surface area (Å²) in [5, 5.41) is 13.1. The van der Waals surface area contributed by atoms with Gasteiger partial charge in [0.1, 0.15) is 0 Å². The Kier molecular flexibility index (Phi) is 3.56. The van der Waals surface area contributed by atoms with Gasteiger partial charge in [0.2, 0.25) is 0 Å². The third-order valence-corrected chi connectivity index (χ3v) is 2.89. The van der Waals surface area contributed by atoms with Gasteiger partial charge in [-0.1, -0.05) is 0 Å². The zero-order chi connectivity index (χ0) is 10.8. The monoisotopic (exact) mass is 200 g/mol. The van der Waals surface area contributed by atoms with E-state index in [0.717, 1.165) is 25.9 Å². The van der Waals surface area contributed by atoms with Gasteiger partial charge in [0.25, 0.3) is 0 Å². The molecule has 1 rings (SSSR count). The van der Waals surface area contributed by atoms with Crippen LogP contribution in [0.15, 0.2) is 0 Å². The van der Waals surface area contributed by atoms with Gasteiger partial charge in [-0.3, -0.25) is 0 Å². The van der Waals surface area contributed by atoms with Gasteiger partial charge < -0.3 is 15.3 Å². The average molecular weight is 200 g/mol. The van der Waals surface area contributed by atoms with Gasteiger partial charge in [0, 0.05) is 11.1 Å². The molecule has 0 amide bonds. The Morgan fingerprint density at radius 3 is 2.14 bits per heavy atom. The predicted octanol–water partition coefficient (Wildman–Crippen LogP) is 0.831. The first-order chi connectivity index (χ1) is 6.37. The molecule has 1 heterocycles. The van der Waals surface area contributed by atoms with Crippen LogP contribution in [0.25, 0.3) is 0 Å². The molecule has 0 aliphatic carbocycles. The minimum absolute atomic E-state index is 0.0508. The van der Waals surface area contributed by atoms with Crippen LogP contribution >= 0.6 is 0 Å². The topological polar surface area (TPSA) is 35.5 Å². The Labute approximate surface area is 87.5 Å². The van der Waals surface area contributed by atoms with Gasteiger partial charge in [-0.15, -0.1) is 0 Å². The number of hydrogen-bond acceptors (Lipinski definition) is 3. The Balaban J connectivity index is 2.59. The van der Waals surface area contributed by atoms with Gasteiger partial charge in [-0.2, -0.15) is 0 Å². The fraction of sp³-hybridized carbons (Fsp3) is 1.00. The van der Waals surface area contributed by atoms with E-state index in [0.29, 0.717) is 0 Å². The van der Waals surface area contributed by atoms with Crippen molar-refractivity contribution in [2.45, 2.75) is 44.7 Å². The van der Waals surface area contributed by atoms with Crippen molar-refractivity contribution < 1.29 is 5.11 Å². The lowest BCUT2D eigenvalue weighted by atomic mass is 9.86. The molecule has 0 radical (unpaired) electrons. The normalized spacial score (nSPS) is 23.8. The summed E-state index contributed by atoms with van der Waals surface area (Å²) in [6.07, 6.45) is 2.08. The minimum atomic E-state index is -0.0508. The molecular formula is C11H24N2O. The van der Waals surface area contributed by atoms with Gasteiger partial charge in [-0.25, -0.2) is 0 Å². The van der Waals surface area contributed by atoms with Crippen molar-refractivity contribution in [1.82, 2.24) is 10.2 Å². The smallest absolute Gasteiger partial charge is 0.0614 e. The molecule has 2 N–H and O–H groups in total. The van der Waals surface area contributed by atoms with E-state index < -0.39 is 0 Å². The molecule has 0 aromatic rings. The molecule has 0 atom stereocenters. The Morgan fingerprint density at radius 1 is 1.29 bits per heavy atom. The lowest BCUT2D eigenvalue weighted by Gasteiger charge is -2.44. The zero-order valence-corrected chi connectivity index (χ0v) is 9.93. The highest BCUT2D eigenvalue weighted by molar-refractivity contribution is 4.96. The molecule has 1 aliphatic heterocycles. The first kappa shape index (κ1) is 12.0. The first-order valence-electron chi connectivity index (χ1n) is 5.46. The van der Waals surface area contributed by atoms with Gasteiger partial charge in [0.15, 0.2) is 0 Å². The van der Waals surface area contributed by atoms with E-state index in [9.17, 15) is 5.11 Å². The van der Waals surface area contributed by atoms with Crippen molar-refractivity contribution in [3.63, 3.8) is 0 Å². The molecule has 84 valence electrons. The number of aliphatic hydroxyl groups is 1. The Morgan fingerprint density at radius 2 is 1.79 bits per heavy atom. The predicted molar refractivity (Wildman–Crippen MR) is 59.4 cm³/mol. The zero-order valence-electron chi connectivity index (χ0n) is 9.93. The molecule has 0 bridgehead atoms. The van der Waals surface area contributed by atoms with E-state index in [1.54, 1.807) is 0 Å². The molecule has 0 spiro atoms. The highest BCUT2D eigenvalue weighted by Gasteiger charge is 2.35. The lowest BCUT2D eigenvalue weighted by Crippen LogP contribution is -2.60. The van der Waals surface area contributed by atoms with Crippen LogP contribution < -0.4 is 5.32 Å². The van der Waals surface area contributed by atoms with E-state index in [2.05, 4.69) is 38.0 Å². The van der Waals surface area contributed by atoms with Crippen molar-refractivity contribution in [3.05, 3.63) is 0 Å². The van der Waals surface area contributed by atoms with Crippen LogP contribution in [0.5, 0.6) is 0 Å². The van der Waals surface area contributed by atoms with E-state index in [4.69, 9.17) is 0 Å². The molecule has 1 fully saturated rings. The summed E-state index contributed by atoms with van der Waals surface area (Å²) in [7, 11) is 2.14. The first-order valence-corrected chi connectivity index (χ1v) is 5.46. The Bertz CT molecular complexity index is 178. The van der Waals surface area contributed by atoms with Crippen LogP contribution in [-0.4, -0.2) is 47.8 Å². The summed E-state index contributed by atoms with van der Waals surface area (Å²) >= 11 is 0. The van der Waals surface area contributed by atoms with Crippen LogP contribution in [0.2, 0.25) is 0 Å². The third-order valence-electron chi connectivity index (χ3n) is 2.89. The summed E-state index contributed by atoms with van der Waals surface area (Å²) in [6.45, 7) is 8.86. The molecule has 0 aromatic heterocycles. The SMILES string of the molecule is CN1CCC(CO)(NC(C)(C)C)CC1. The molecule has 0 aromatic carbocycles. The van der Waals surface area contributed by atoms with Crippen LogP contribution in [0.4, 0.5) is 0 Å². The summed E-state index contributed by atoms with van der Waals surface area (Å²) in [4.78, 5) is 2.32. The number of rotatable bonds is 2. The molecule has 3 nitrogen and oxygen atoms in total. The molecule has 14 heavy (non-hydrogen) atoms. The maximum Gasteiger partial charge on any atom is 0.0614 e. The molecule has 1 saturated heterocycles. The lowest BCUT2D eigenvalue weighted by molar-refractivity contribution is 0.0685. The molecule has 0 unspecified atom stereocenters. The second kappa shape index (κ2) is 4.17. The van der Waals surface area contributed by atoms with Crippen LogP contribution in [0.3, 0.4) is 0 Å². The molecular weight excluding hydrogens is 176 g/mol. The number of likely N-dealkylation sites (tertiary alicyclic amines) is 1. The Hall–Kier alpha value is -0.120. The van der Waals surface area contributed by atoms with E-state index >= 15 is 0 Å². The van der Waals surface area contributed by atoms with Crippen LogP contribution in [0.1, 0.15) is 33.6 Å². The largest absolute Gasteiger partial charge is 0.394 e. The van der Waals surface area contributed by atoms with Crippen molar-refractivity contribution in [2.24, 2.45) is 0 Å². The maximum atomic E-state index is 9.51. The van der Waals surface area contributed by atoms with Crippen LogP contribution in [-0.2, 0) is 0 Å². The highest BCUT2D eigenvalue weighted by atomic mass is 16.3. The van der Waals surface area contributed by atoms with E-state index in [1.165, 1.54) is 0 Å².